The molecule has 1 atom stereocenters. The molecule has 22 heavy (non-hydrogen) atoms. The van der Waals surface area contributed by atoms with Crippen LogP contribution in [0.4, 0.5) is 0 Å². The first-order valence-electron chi connectivity index (χ1n) is 6.56. The predicted octanol–water partition coefficient (Wildman–Crippen LogP) is 4.62. The topological polar surface area (TPSA) is 41.5 Å². The third-order valence-corrected chi connectivity index (χ3v) is 4.61. The molecule has 1 N–H and O–H groups in total. The summed E-state index contributed by atoms with van der Waals surface area (Å²) in [6, 6.07) is 14.9. The predicted molar refractivity (Wildman–Crippen MR) is 94.0 cm³/mol. The quantitative estimate of drug-likeness (QED) is 0.484. The molecule has 0 aliphatic heterocycles. The average Bonchev–Trinajstić information content (AvgIpc) is 2.51. The fraction of sp³-hybridized carbons (Fsp3) is 0.125. The lowest BCUT2D eigenvalue weighted by Crippen LogP contribution is -2.26. The number of hydrogen-bond donors (Lipinski definition) is 1. The molecule has 114 valence electrons. The molecule has 0 unspecified atom stereocenters. The highest BCUT2D eigenvalue weighted by atomic mass is 35.5. The Hall–Kier alpha value is -1.49. The number of hydrogen-bond acceptors (Lipinski definition) is 3. The third-order valence-electron chi connectivity index (χ3n) is 2.76. The summed E-state index contributed by atoms with van der Waals surface area (Å²) in [5.41, 5.74) is 3.28. The van der Waals surface area contributed by atoms with Gasteiger partial charge in [0.25, 0.3) is 5.91 Å². The van der Waals surface area contributed by atoms with E-state index < -0.39 is 0 Å². The molecule has 0 saturated heterocycles. The van der Waals surface area contributed by atoms with Gasteiger partial charge in [-0.1, -0.05) is 47.5 Å². The Balaban J connectivity index is 1.88. The molecule has 0 aliphatic rings. The van der Waals surface area contributed by atoms with E-state index in [9.17, 15) is 4.79 Å². The van der Waals surface area contributed by atoms with Crippen molar-refractivity contribution >= 4 is 47.1 Å². The van der Waals surface area contributed by atoms with Crippen molar-refractivity contribution in [3.63, 3.8) is 0 Å². The van der Waals surface area contributed by atoms with Gasteiger partial charge in [0.05, 0.1) is 21.5 Å². The Morgan fingerprint density at radius 3 is 2.59 bits per heavy atom. The maximum Gasteiger partial charge on any atom is 0.253 e. The van der Waals surface area contributed by atoms with Crippen LogP contribution in [-0.2, 0) is 4.79 Å². The number of carbonyl (C=O) groups is 1. The minimum atomic E-state index is -0.242. The molecule has 1 amide bonds. The summed E-state index contributed by atoms with van der Waals surface area (Å²) in [4.78, 5) is 13.0. The third kappa shape index (κ3) is 5.05. The molecule has 0 aliphatic carbocycles. The lowest BCUT2D eigenvalue weighted by molar-refractivity contribution is -0.120. The SMILES string of the molecule is C[C@@H](Sc1ccccc1)C(=O)N/N=C\c1ccc(Cl)c(Cl)c1. The van der Waals surface area contributed by atoms with Crippen molar-refractivity contribution < 1.29 is 4.79 Å². The van der Waals surface area contributed by atoms with Gasteiger partial charge in [-0.15, -0.1) is 11.8 Å². The normalized spacial score (nSPS) is 12.3. The molecular formula is C16H14Cl2N2OS. The number of halogens is 2. The van der Waals surface area contributed by atoms with Crippen molar-refractivity contribution in [2.45, 2.75) is 17.1 Å². The van der Waals surface area contributed by atoms with Crippen LogP contribution in [-0.4, -0.2) is 17.4 Å². The van der Waals surface area contributed by atoms with Gasteiger partial charge in [0.1, 0.15) is 0 Å². The first-order chi connectivity index (χ1) is 10.6. The van der Waals surface area contributed by atoms with Crippen LogP contribution in [0.2, 0.25) is 10.0 Å². The number of carbonyl (C=O) groups excluding carboxylic acids is 1. The Kier molecular flexibility index (Phi) is 6.31. The zero-order chi connectivity index (χ0) is 15.9. The summed E-state index contributed by atoms with van der Waals surface area (Å²) < 4.78 is 0. The summed E-state index contributed by atoms with van der Waals surface area (Å²) in [5, 5.41) is 4.62. The smallest absolute Gasteiger partial charge is 0.253 e. The molecule has 0 aromatic heterocycles. The van der Waals surface area contributed by atoms with Crippen molar-refractivity contribution in [3.05, 3.63) is 64.1 Å². The van der Waals surface area contributed by atoms with Gasteiger partial charge >= 0.3 is 0 Å². The molecule has 2 aromatic carbocycles. The summed E-state index contributed by atoms with van der Waals surface area (Å²) in [5.74, 6) is -0.162. The van der Waals surface area contributed by atoms with Crippen LogP contribution in [0.25, 0.3) is 0 Å². The van der Waals surface area contributed by atoms with E-state index in [1.165, 1.54) is 18.0 Å². The number of benzene rings is 2. The standard InChI is InChI=1S/C16H14Cl2N2OS/c1-11(22-13-5-3-2-4-6-13)16(21)20-19-10-12-7-8-14(17)15(18)9-12/h2-11H,1H3,(H,20,21)/b19-10-/t11-/m1/s1. The molecule has 0 saturated carbocycles. The molecule has 2 aromatic rings. The molecule has 6 heteroatoms. The van der Waals surface area contributed by atoms with Crippen LogP contribution in [0.1, 0.15) is 12.5 Å². The maximum absolute atomic E-state index is 12.0. The number of amides is 1. The number of nitrogens with zero attached hydrogens (tertiary/aromatic N) is 1. The second-order valence-electron chi connectivity index (χ2n) is 4.48. The fourth-order valence-corrected chi connectivity index (χ4v) is 2.80. The maximum atomic E-state index is 12.0. The van der Waals surface area contributed by atoms with E-state index >= 15 is 0 Å². The molecule has 0 fully saturated rings. The molecular weight excluding hydrogens is 339 g/mol. The number of thioether (sulfide) groups is 1. The summed E-state index contributed by atoms with van der Waals surface area (Å²) in [6.45, 7) is 1.83. The van der Waals surface area contributed by atoms with Gasteiger partial charge in [-0.3, -0.25) is 4.79 Å². The van der Waals surface area contributed by atoms with Crippen LogP contribution in [0.5, 0.6) is 0 Å². The van der Waals surface area contributed by atoms with Gasteiger partial charge in [-0.2, -0.15) is 5.10 Å². The van der Waals surface area contributed by atoms with Gasteiger partial charge < -0.3 is 0 Å². The van der Waals surface area contributed by atoms with E-state index in [1.54, 1.807) is 18.2 Å². The molecule has 2 rings (SSSR count). The van der Waals surface area contributed by atoms with Gasteiger partial charge in [-0.05, 0) is 36.8 Å². The van der Waals surface area contributed by atoms with Crippen molar-refractivity contribution in [1.29, 1.82) is 0 Å². The highest BCUT2D eigenvalue weighted by Gasteiger charge is 2.13. The molecule has 0 radical (unpaired) electrons. The second kappa shape index (κ2) is 8.22. The van der Waals surface area contributed by atoms with E-state index in [4.69, 9.17) is 23.2 Å². The Bertz CT molecular complexity index is 677. The van der Waals surface area contributed by atoms with Crippen molar-refractivity contribution in [2.75, 3.05) is 0 Å². The minimum Gasteiger partial charge on any atom is -0.272 e. The molecule has 0 heterocycles. The average molecular weight is 353 g/mol. The Labute approximate surface area is 143 Å². The lowest BCUT2D eigenvalue weighted by atomic mass is 10.2. The van der Waals surface area contributed by atoms with Gasteiger partial charge in [-0.25, -0.2) is 5.43 Å². The Morgan fingerprint density at radius 2 is 1.91 bits per heavy atom. The van der Waals surface area contributed by atoms with Crippen LogP contribution in [0.3, 0.4) is 0 Å². The highest BCUT2D eigenvalue weighted by Crippen LogP contribution is 2.23. The second-order valence-corrected chi connectivity index (χ2v) is 6.71. The summed E-state index contributed by atoms with van der Waals surface area (Å²) >= 11 is 13.2. The van der Waals surface area contributed by atoms with E-state index in [-0.39, 0.29) is 11.2 Å². The van der Waals surface area contributed by atoms with E-state index in [0.717, 1.165) is 10.5 Å². The van der Waals surface area contributed by atoms with E-state index in [0.29, 0.717) is 10.0 Å². The largest absolute Gasteiger partial charge is 0.272 e. The number of nitrogens with one attached hydrogen (secondary N) is 1. The number of hydrazone groups is 1. The first-order valence-corrected chi connectivity index (χ1v) is 8.19. The lowest BCUT2D eigenvalue weighted by Gasteiger charge is -2.09. The zero-order valence-electron chi connectivity index (χ0n) is 11.8. The fourth-order valence-electron chi connectivity index (χ4n) is 1.61. The van der Waals surface area contributed by atoms with Gasteiger partial charge in [0.2, 0.25) is 0 Å². The Morgan fingerprint density at radius 1 is 1.18 bits per heavy atom. The molecule has 0 spiro atoms. The van der Waals surface area contributed by atoms with E-state index in [1.807, 2.05) is 37.3 Å². The molecule has 0 bridgehead atoms. The van der Waals surface area contributed by atoms with Crippen LogP contribution in [0.15, 0.2) is 58.5 Å². The number of rotatable bonds is 5. The van der Waals surface area contributed by atoms with Crippen molar-refractivity contribution in [3.8, 4) is 0 Å². The van der Waals surface area contributed by atoms with Crippen LogP contribution < -0.4 is 5.43 Å². The van der Waals surface area contributed by atoms with Crippen LogP contribution >= 0.6 is 35.0 Å². The van der Waals surface area contributed by atoms with Crippen molar-refractivity contribution in [1.82, 2.24) is 5.43 Å². The highest BCUT2D eigenvalue weighted by molar-refractivity contribution is 8.00. The van der Waals surface area contributed by atoms with E-state index in [2.05, 4.69) is 10.5 Å². The van der Waals surface area contributed by atoms with Gasteiger partial charge in [0.15, 0.2) is 0 Å². The first kappa shape index (κ1) is 16.9. The van der Waals surface area contributed by atoms with Crippen molar-refractivity contribution in [2.24, 2.45) is 5.10 Å². The summed E-state index contributed by atoms with van der Waals surface area (Å²) in [7, 11) is 0. The summed E-state index contributed by atoms with van der Waals surface area (Å²) in [6.07, 6.45) is 1.53. The van der Waals surface area contributed by atoms with Crippen LogP contribution in [0, 0.1) is 0 Å². The molecule has 3 nitrogen and oxygen atoms in total. The monoisotopic (exact) mass is 352 g/mol. The zero-order valence-corrected chi connectivity index (χ0v) is 14.1. The minimum absolute atomic E-state index is 0.162. The van der Waals surface area contributed by atoms with Gasteiger partial charge in [0, 0.05) is 4.90 Å².